The summed E-state index contributed by atoms with van der Waals surface area (Å²) in [6.45, 7) is 9.47. The highest BCUT2D eigenvalue weighted by molar-refractivity contribution is 5.94. The van der Waals surface area contributed by atoms with Crippen molar-refractivity contribution < 1.29 is 14.3 Å². The summed E-state index contributed by atoms with van der Waals surface area (Å²) in [4.78, 5) is 31.8. The Kier molecular flexibility index (Phi) is 7.53. The van der Waals surface area contributed by atoms with Gasteiger partial charge in [-0.1, -0.05) is 31.5 Å². The molecule has 7 heteroatoms. The molecular formula is C26H32N4O3. The first-order valence-corrected chi connectivity index (χ1v) is 11.1. The van der Waals surface area contributed by atoms with Crippen molar-refractivity contribution in [3.05, 3.63) is 60.3 Å². The smallest absolute Gasteiger partial charge is 0.246 e. The number of amides is 2. The standard InChI is InChI=1S/C26H32N4O3/c1-17(2)25(32)29(18(3)4)16-24(31)28-26-27-23(20-9-13-22(33-6)14-10-20)15-30(26)21-11-7-19(5)8-12-21/h7-15,17-18H,16H2,1-6H3,(H,27,28,31). The average Bonchev–Trinajstić information content (AvgIpc) is 3.20. The summed E-state index contributed by atoms with van der Waals surface area (Å²) in [7, 11) is 1.62. The lowest BCUT2D eigenvalue weighted by Gasteiger charge is -2.27. The number of nitrogens with one attached hydrogen (secondary N) is 1. The molecule has 0 saturated heterocycles. The van der Waals surface area contributed by atoms with Crippen LogP contribution in [0.25, 0.3) is 16.9 Å². The number of benzene rings is 2. The van der Waals surface area contributed by atoms with Crippen LogP contribution in [-0.4, -0.2) is 46.0 Å². The van der Waals surface area contributed by atoms with Crippen LogP contribution in [0.2, 0.25) is 0 Å². The van der Waals surface area contributed by atoms with Gasteiger partial charge in [0.25, 0.3) is 0 Å². The van der Waals surface area contributed by atoms with E-state index in [-0.39, 0.29) is 30.3 Å². The maximum Gasteiger partial charge on any atom is 0.246 e. The Morgan fingerprint density at radius 1 is 1.03 bits per heavy atom. The third kappa shape index (κ3) is 5.80. The zero-order chi connectivity index (χ0) is 24.1. The Bertz CT molecular complexity index is 1100. The molecule has 1 N–H and O–H groups in total. The van der Waals surface area contributed by atoms with Crippen LogP contribution in [0.4, 0.5) is 5.95 Å². The number of anilines is 1. The lowest BCUT2D eigenvalue weighted by Crippen LogP contribution is -2.44. The SMILES string of the molecule is COc1ccc(-c2cn(-c3ccc(C)cc3)c(NC(=O)CN(C(=O)C(C)C)C(C)C)n2)cc1. The van der Waals surface area contributed by atoms with E-state index in [0.717, 1.165) is 22.6 Å². The van der Waals surface area contributed by atoms with Crippen LogP contribution in [0, 0.1) is 12.8 Å². The molecule has 2 aromatic carbocycles. The molecule has 1 heterocycles. The summed E-state index contributed by atoms with van der Waals surface area (Å²) in [6, 6.07) is 15.5. The highest BCUT2D eigenvalue weighted by Gasteiger charge is 2.23. The van der Waals surface area contributed by atoms with Gasteiger partial charge in [0.2, 0.25) is 17.8 Å². The highest BCUT2D eigenvalue weighted by Crippen LogP contribution is 2.26. The quantitative estimate of drug-likeness (QED) is 0.542. The maximum absolute atomic E-state index is 12.9. The van der Waals surface area contributed by atoms with Crippen molar-refractivity contribution in [2.45, 2.75) is 40.7 Å². The van der Waals surface area contributed by atoms with Gasteiger partial charge in [0.1, 0.15) is 12.3 Å². The fourth-order valence-electron chi connectivity index (χ4n) is 3.44. The second-order valence-corrected chi connectivity index (χ2v) is 8.65. The van der Waals surface area contributed by atoms with E-state index >= 15 is 0 Å². The van der Waals surface area contributed by atoms with Crippen molar-refractivity contribution in [3.8, 4) is 22.7 Å². The van der Waals surface area contributed by atoms with Gasteiger partial charge in [0.05, 0.1) is 12.8 Å². The van der Waals surface area contributed by atoms with E-state index in [1.807, 2.05) is 93.9 Å². The summed E-state index contributed by atoms with van der Waals surface area (Å²) in [6.07, 6.45) is 1.89. The van der Waals surface area contributed by atoms with E-state index < -0.39 is 0 Å². The molecule has 0 aliphatic carbocycles. The van der Waals surface area contributed by atoms with Gasteiger partial charge in [-0.2, -0.15) is 0 Å². The zero-order valence-corrected chi connectivity index (χ0v) is 20.1. The minimum absolute atomic E-state index is 0.0344. The number of methoxy groups -OCH3 is 1. The fraction of sp³-hybridized carbons (Fsp3) is 0.346. The summed E-state index contributed by atoms with van der Waals surface area (Å²) in [5.74, 6) is 0.625. The monoisotopic (exact) mass is 448 g/mol. The third-order valence-corrected chi connectivity index (χ3v) is 5.37. The molecule has 0 aliphatic rings. The summed E-state index contributed by atoms with van der Waals surface area (Å²) in [5, 5.41) is 2.91. The third-order valence-electron chi connectivity index (χ3n) is 5.37. The van der Waals surface area contributed by atoms with Crippen molar-refractivity contribution in [1.29, 1.82) is 0 Å². The van der Waals surface area contributed by atoms with Crippen LogP contribution in [-0.2, 0) is 9.59 Å². The van der Waals surface area contributed by atoms with Crippen LogP contribution >= 0.6 is 0 Å². The topological polar surface area (TPSA) is 76.5 Å². The van der Waals surface area contributed by atoms with Crippen molar-refractivity contribution in [3.63, 3.8) is 0 Å². The lowest BCUT2D eigenvalue weighted by molar-refractivity contribution is -0.139. The van der Waals surface area contributed by atoms with E-state index in [1.54, 1.807) is 12.0 Å². The Morgan fingerprint density at radius 3 is 2.21 bits per heavy atom. The van der Waals surface area contributed by atoms with Crippen LogP contribution in [0.3, 0.4) is 0 Å². The highest BCUT2D eigenvalue weighted by atomic mass is 16.5. The van der Waals surface area contributed by atoms with E-state index in [0.29, 0.717) is 11.6 Å². The molecule has 174 valence electrons. The van der Waals surface area contributed by atoms with Gasteiger partial charge in [-0.05, 0) is 57.2 Å². The molecule has 0 unspecified atom stereocenters. The number of aryl methyl sites for hydroxylation is 1. The summed E-state index contributed by atoms with van der Waals surface area (Å²) < 4.78 is 7.09. The van der Waals surface area contributed by atoms with E-state index in [1.165, 1.54) is 0 Å². The van der Waals surface area contributed by atoms with Crippen LogP contribution in [0.5, 0.6) is 5.75 Å². The molecule has 0 spiro atoms. The molecule has 0 saturated carbocycles. The molecule has 3 rings (SSSR count). The first kappa shape index (κ1) is 24.0. The molecule has 0 radical (unpaired) electrons. The Labute approximate surface area is 195 Å². The second-order valence-electron chi connectivity index (χ2n) is 8.65. The van der Waals surface area contributed by atoms with E-state index in [4.69, 9.17) is 9.72 Å². The predicted molar refractivity (Wildman–Crippen MR) is 131 cm³/mol. The normalized spacial score (nSPS) is 11.0. The van der Waals surface area contributed by atoms with Crippen molar-refractivity contribution in [2.24, 2.45) is 5.92 Å². The first-order valence-electron chi connectivity index (χ1n) is 11.1. The summed E-state index contributed by atoms with van der Waals surface area (Å²) >= 11 is 0. The van der Waals surface area contributed by atoms with Crippen molar-refractivity contribution >= 4 is 17.8 Å². The van der Waals surface area contributed by atoms with Gasteiger partial charge in [-0.25, -0.2) is 4.98 Å². The van der Waals surface area contributed by atoms with E-state index in [9.17, 15) is 9.59 Å². The number of hydrogen-bond donors (Lipinski definition) is 1. The van der Waals surface area contributed by atoms with Crippen molar-refractivity contribution in [1.82, 2.24) is 14.5 Å². The zero-order valence-electron chi connectivity index (χ0n) is 20.1. The first-order chi connectivity index (χ1) is 15.7. The number of hydrogen-bond acceptors (Lipinski definition) is 4. The van der Waals surface area contributed by atoms with Gasteiger partial charge in [-0.15, -0.1) is 0 Å². The molecule has 0 fully saturated rings. The minimum atomic E-state index is -0.294. The molecule has 1 aromatic heterocycles. The molecule has 33 heavy (non-hydrogen) atoms. The van der Waals surface area contributed by atoms with Gasteiger partial charge < -0.3 is 9.64 Å². The maximum atomic E-state index is 12.9. The molecule has 0 bridgehead atoms. The number of ether oxygens (including phenoxy) is 1. The Balaban J connectivity index is 1.93. The van der Waals surface area contributed by atoms with Gasteiger partial charge in [-0.3, -0.25) is 19.5 Å². The molecular weight excluding hydrogens is 416 g/mol. The van der Waals surface area contributed by atoms with Gasteiger partial charge >= 0.3 is 0 Å². The van der Waals surface area contributed by atoms with Crippen LogP contribution in [0.1, 0.15) is 33.3 Å². The Hall–Kier alpha value is -3.61. The second kappa shape index (κ2) is 10.3. The number of rotatable bonds is 8. The average molecular weight is 449 g/mol. The van der Waals surface area contributed by atoms with Crippen LogP contribution in [0.15, 0.2) is 54.7 Å². The van der Waals surface area contributed by atoms with E-state index in [2.05, 4.69) is 5.32 Å². The molecule has 0 aliphatic heterocycles. The number of nitrogens with zero attached hydrogens (tertiary/aromatic N) is 3. The molecule has 0 atom stereocenters. The van der Waals surface area contributed by atoms with Crippen molar-refractivity contribution in [2.75, 3.05) is 19.0 Å². The lowest BCUT2D eigenvalue weighted by atomic mass is 10.1. The number of carbonyl (C=O) groups is 2. The minimum Gasteiger partial charge on any atom is -0.497 e. The fourth-order valence-corrected chi connectivity index (χ4v) is 3.44. The molecule has 7 nitrogen and oxygen atoms in total. The predicted octanol–water partition coefficient (Wildman–Crippen LogP) is 4.69. The largest absolute Gasteiger partial charge is 0.497 e. The number of carbonyl (C=O) groups excluding carboxylic acids is 2. The molecule has 3 aromatic rings. The summed E-state index contributed by atoms with van der Waals surface area (Å²) in [5.41, 5.74) is 3.63. The van der Waals surface area contributed by atoms with Crippen LogP contribution < -0.4 is 10.1 Å². The van der Waals surface area contributed by atoms with Gasteiger partial charge in [0.15, 0.2) is 0 Å². The molecule has 2 amide bonds. The number of aromatic nitrogens is 2. The number of imidazole rings is 1. The van der Waals surface area contributed by atoms with Gasteiger partial charge in [0, 0.05) is 29.4 Å². The Morgan fingerprint density at radius 2 is 1.67 bits per heavy atom.